The van der Waals surface area contributed by atoms with Crippen molar-refractivity contribution in [1.29, 1.82) is 0 Å². The van der Waals surface area contributed by atoms with Crippen LogP contribution in [0.2, 0.25) is 0 Å². The molecule has 0 aromatic heterocycles. The number of amides is 1. The second-order valence-electron chi connectivity index (χ2n) is 9.14. The van der Waals surface area contributed by atoms with E-state index in [1.54, 1.807) is 0 Å². The Morgan fingerprint density at radius 1 is 1.00 bits per heavy atom. The molecule has 138 valence electrons. The van der Waals surface area contributed by atoms with Crippen LogP contribution in [0.3, 0.4) is 0 Å². The second-order valence-corrected chi connectivity index (χ2v) is 9.14. The Kier molecular flexibility index (Phi) is 5.19. The average Bonchev–Trinajstić information content (AvgIpc) is 2.77. The van der Waals surface area contributed by atoms with E-state index in [9.17, 15) is 9.59 Å². The van der Waals surface area contributed by atoms with Gasteiger partial charge in [-0.1, -0.05) is 0 Å². The van der Waals surface area contributed by atoms with Gasteiger partial charge in [0.2, 0.25) is 0 Å². The van der Waals surface area contributed by atoms with E-state index >= 15 is 0 Å². The monoisotopic (exact) mass is 341 g/mol. The number of alkyl carbamates (subject to hydrolysis) is 1. The van der Waals surface area contributed by atoms with Crippen LogP contribution in [0.1, 0.15) is 60.8 Å². The number of fused-ring (bicyclic) bond motifs is 1. The summed E-state index contributed by atoms with van der Waals surface area (Å²) in [4.78, 5) is 23.6. The van der Waals surface area contributed by atoms with Crippen LogP contribution < -0.4 is 5.32 Å². The highest BCUT2D eigenvalue weighted by Gasteiger charge is 2.57. The fraction of sp³-hybridized carbons (Fsp3) is 0.889. The van der Waals surface area contributed by atoms with E-state index in [0.29, 0.717) is 18.4 Å². The van der Waals surface area contributed by atoms with Crippen molar-refractivity contribution < 1.29 is 23.8 Å². The Bertz CT molecular complexity index is 483. The third-order valence-electron chi connectivity index (χ3n) is 4.36. The SMILES string of the molecule is CC(C)(C)OC(=O)COCC1CC2(NC(=O)OC(C)(C)C)CC1C2. The highest BCUT2D eigenvalue weighted by atomic mass is 16.6. The second kappa shape index (κ2) is 6.54. The van der Waals surface area contributed by atoms with E-state index < -0.39 is 11.2 Å². The van der Waals surface area contributed by atoms with E-state index in [1.165, 1.54) is 0 Å². The van der Waals surface area contributed by atoms with Crippen LogP contribution in [-0.4, -0.2) is 42.0 Å². The number of esters is 1. The molecule has 3 aliphatic rings. The first-order valence-electron chi connectivity index (χ1n) is 8.68. The number of ether oxygens (including phenoxy) is 3. The average molecular weight is 341 g/mol. The Balaban J connectivity index is 1.70. The fourth-order valence-electron chi connectivity index (χ4n) is 3.65. The van der Waals surface area contributed by atoms with Crippen LogP contribution in [0, 0.1) is 11.8 Å². The summed E-state index contributed by atoms with van der Waals surface area (Å²) >= 11 is 0. The smallest absolute Gasteiger partial charge is 0.408 e. The van der Waals surface area contributed by atoms with E-state index in [2.05, 4.69) is 5.32 Å². The van der Waals surface area contributed by atoms with E-state index in [-0.39, 0.29) is 24.2 Å². The first-order valence-corrected chi connectivity index (χ1v) is 8.68. The molecule has 0 spiro atoms. The molecule has 3 rings (SSSR count). The van der Waals surface area contributed by atoms with Crippen molar-refractivity contribution in [3.8, 4) is 0 Å². The molecule has 6 nitrogen and oxygen atoms in total. The lowest BCUT2D eigenvalue weighted by Gasteiger charge is -2.39. The van der Waals surface area contributed by atoms with Crippen molar-refractivity contribution >= 4 is 12.1 Å². The molecule has 24 heavy (non-hydrogen) atoms. The van der Waals surface area contributed by atoms with Crippen molar-refractivity contribution in [2.75, 3.05) is 13.2 Å². The molecule has 3 saturated carbocycles. The van der Waals surface area contributed by atoms with Crippen LogP contribution in [0.15, 0.2) is 0 Å². The first-order chi connectivity index (χ1) is 10.9. The maximum absolute atomic E-state index is 12.0. The predicted octanol–water partition coefficient (Wildman–Crippen LogP) is 3.04. The minimum absolute atomic E-state index is 0.0208. The Morgan fingerprint density at radius 2 is 1.58 bits per heavy atom. The quantitative estimate of drug-likeness (QED) is 0.778. The zero-order valence-corrected chi connectivity index (χ0v) is 15.7. The normalized spacial score (nSPS) is 28.9. The van der Waals surface area contributed by atoms with Gasteiger partial charge in [0.25, 0.3) is 0 Å². The van der Waals surface area contributed by atoms with Crippen molar-refractivity contribution in [3.05, 3.63) is 0 Å². The van der Waals surface area contributed by atoms with Gasteiger partial charge < -0.3 is 19.5 Å². The molecule has 0 radical (unpaired) electrons. The molecule has 0 saturated heterocycles. The van der Waals surface area contributed by atoms with Crippen LogP contribution in [0.25, 0.3) is 0 Å². The lowest BCUT2D eigenvalue weighted by atomic mass is 9.76. The summed E-state index contributed by atoms with van der Waals surface area (Å²) in [5.41, 5.74) is -1.12. The summed E-state index contributed by atoms with van der Waals surface area (Å²) in [7, 11) is 0. The number of carbonyl (C=O) groups excluding carboxylic acids is 2. The lowest BCUT2D eigenvalue weighted by Crippen LogP contribution is -2.53. The van der Waals surface area contributed by atoms with Crippen molar-refractivity contribution in [1.82, 2.24) is 5.32 Å². The third-order valence-corrected chi connectivity index (χ3v) is 4.36. The van der Waals surface area contributed by atoms with Crippen LogP contribution >= 0.6 is 0 Å². The molecule has 1 unspecified atom stereocenters. The summed E-state index contributed by atoms with van der Waals surface area (Å²) < 4.78 is 16.1. The molecule has 3 fully saturated rings. The van der Waals surface area contributed by atoms with Gasteiger partial charge in [0.15, 0.2) is 0 Å². The first kappa shape index (κ1) is 19.0. The largest absolute Gasteiger partial charge is 0.458 e. The van der Waals surface area contributed by atoms with Gasteiger partial charge in [-0.3, -0.25) is 0 Å². The van der Waals surface area contributed by atoms with Crippen molar-refractivity contribution in [2.24, 2.45) is 11.8 Å². The topological polar surface area (TPSA) is 73.9 Å². The van der Waals surface area contributed by atoms with Gasteiger partial charge in [-0.05, 0) is 72.6 Å². The number of nitrogens with one attached hydrogen (secondary N) is 1. The maximum atomic E-state index is 12.0. The zero-order valence-electron chi connectivity index (χ0n) is 15.7. The zero-order chi connectivity index (χ0) is 18.2. The lowest BCUT2D eigenvalue weighted by molar-refractivity contribution is -0.160. The van der Waals surface area contributed by atoms with Gasteiger partial charge in [0.05, 0.1) is 6.61 Å². The molecule has 0 aromatic rings. The Labute approximate surface area is 144 Å². The number of hydrogen-bond donors (Lipinski definition) is 1. The summed E-state index contributed by atoms with van der Waals surface area (Å²) in [5.74, 6) is 0.593. The minimum atomic E-state index is -0.489. The molecular formula is C18H31NO5. The van der Waals surface area contributed by atoms with Gasteiger partial charge in [0.1, 0.15) is 17.8 Å². The molecule has 1 N–H and O–H groups in total. The highest BCUT2D eigenvalue weighted by molar-refractivity contribution is 5.71. The van der Waals surface area contributed by atoms with Gasteiger partial charge in [-0.2, -0.15) is 0 Å². The van der Waals surface area contributed by atoms with Crippen LogP contribution in [0.4, 0.5) is 4.79 Å². The summed E-state index contributed by atoms with van der Waals surface area (Å²) in [5, 5.41) is 3.03. The third kappa shape index (κ3) is 5.36. The minimum Gasteiger partial charge on any atom is -0.458 e. The van der Waals surface area contributed by atoms with E-state index in [0.717, 1.165) is 19.3 Å². The molecular weight excluding hydrogens is 310 g/mol. The molecule has 2 bridgehead atoms. The number of rotatable bonds is 5. The number of hydrogen-bond acceptors (Lipinski definition) is 5. The van der Waals surface area contributed by atoms with Gasteiger partial charge in [0, 0.05) is 5.54 Å². The molecule has 6 heteroatoms. The van der Waals surface area contributed by atoms with Crippen LogP contribution in [-0.2, 0) is 19.0 Å². The summed E-state index contributed by atoms with van der Waals surface area (Å²) in [6.07, 6.45) is 2.46. The van der Waals surface area contributed by atoms with Crippen molar-refractivity contribution in [3.63, 3.8) is 0 Å². The van der Waals surface area contributed by atoms with Gasteiger partial charge in [-0.25, -0.2) is 9.59 Å². The Hall–Kier alpha value is -1.30. The predicted molar refractivity (Wildman–Crippen MR) is 89.6 cm³/mol. The van der Waals surface area contributed by atoms with Crippen LogP contribution in [0.5, 0.6) is 0 Å². The molecule has 3 aliphatic carbocycles. The van der Waals surface area contributed by atoms with Gasteiger partial charge >= 0.3 is 12.1 Å². The molecule has 0 aliphatic heterocycles. The Morgan fingerprint density at radius 3 is 2.12 bits per heavy atom. The van der Waals surface area contributed by atoms with Crippen molar-refractivity contribution in [2.45, 2.75) is 77.5 Å². The molecule has 1 amide bonds. The van der Waals surface area contributed by atoms with E-state index in [1.807, 2.05) is 41.5 Å². The standard InChI is InChI=1S/C18H31NO5/c1-16(2,3)23-14(20)11-22-10-13-9-18(7-12(13)8-18)19-15(21)24-17(4,5)6/h12-13H,7-11H2,1-6H3,(H,19,21). The maximum Gasteiger partial charge on any atom is 0.408 e. The summed E-state index contributed by atoms with van der Waals surface area (Å²) in [6.45, 7) is 11.6. The van der Waals surface area contributed by atoms with Gasteiger partial charge in [-0.15, -0.1) is 0 Å². The molecule has 0 aromatic carbocycles. The highest BCUT2D eigenvalue weighted by Crippen LogP contribution is 2.55. The molecule has 1 atom stereocenters. The fourth-order valence-corrected chi connectivity index (χ4v) is 3.65. The number of carbonyl (C=O) groups is 2. The van der Waals surface area contributed by atoms with E-state index in [4.69, 9.17) is 14.2 Å². The summed E-state index contributed by atoms with van der Waals surface area (Å²) in [6, 6.07) is 0. The molecule has 0 heterocycles.